The smallest absolute Gasteiger partial charge is 0.405 e. The van der Waals surface area contributed by atoms with Gasteiger partial charge in [0.15, 0.2) is 0 Å². The van der Waals surface area contributed by atoms with Gasteiger partial charge < -0.3 is 4.74 Å². The van der Waals surface area contributed by atoms with E-state index in [2.05, 4.69) is 4.74 Å². The first-order valence-corrected chi connectivity index (χ1v) is 4.04. The van der Waals surface area contributed by atoms with Gasteiger partial charge in [-0.15, -0.1) is 13.2 Å². The largest absolute Gasteiger partial charge is 0.573 e. The first-order valence-electron chi connectivity index (χ1n) is 4.04. The predicted octanol–water partition coefficient (Wildman–Crippen LogP) is 3.91. The number of aryl methyl sites for hydroxylation is 1. The average molecular weight is 244 g/mol. The van der Waals surface area contributed by atoms with Crippen LogP contribution in [0.25, 0.3) is 0 Å². The summed E-state index contributed by atoms with van der Waals surface area (Å²) >= 11 is 0. The molecule has 1 nitrogen and oxygen atoms in total. The molecule has 16 heavy (non-hydrogen) atoms. The summed E-state index contributed by atoms with van der Waals surface area (Å²) in [6.07, 6.45) is -10.0. The third kappa shape index (κ3) is 3.04. The van der Waals surface area contributed by atoms with Gasteiger partial charge in [-0.3, -0.25) is 0 Å². The van der Waals surface area contributed by atoms with Crippen molar-refractivity contribution in [3.8, 4) is 5.75 Å². The second-order valence-corrected chi connectivity index (χ2v) is 2.99. The maximum Gasteiger partial charge on any atom is 0.573 e. The van der Waals surface area contributed by atoms with E-state index in [9.17, 15) is 26.3 Å². The minimum absolute atomic E-state index is 0.325. The molecule has 0 aromatic heterocycles. The third-order valence-electron chi connectivity index (χ3n) is 1.74. The molecule has 0 atom stereocenters. The zero-order valence-corrected chi connectivity index (χ0v) is 7.91. The predicted molar refractivity (Wildman–Crippen MR) is 42.9 cm³/mol. The number of alkyl halides is 6. The Balaban J connectivity index is 3.24. The molecule has 0 aliphatic carbocycles. The molecule has 0 N–H and O–H groups in total. The van der Waals surface area contributed by atoms with Gasteiger partial charge >= 0.3 is 12.5 Å². The monoisotopic (exact) mass is 244 g/mol. The van der Waals surface area contributed by atoms with E-state index in [0.29, 0.717) is 6.07 Å². The molecule has 0 saturated heterocycles. The van der Waals surface area contributed by atoms with Crippen molar-refractivity contribution >= 4 is 0 Å². The van der Waals surface area contributed by atoms with E-state index in [1.807, 2.05) is 0 Å². The summed E-state index contributed by atoms with van der Waals surface area (Å²) in [4.78, 5) is 0. The Morgan fingerprint density at radius 2 is 1.56 bits per heavy atom. The highest BCUT2D eigenvalue weighted by Crippen LogP contribution is 2.40. The van der Waals surface area contributed by atoms with Crippen LogP contribution in [-0.4, -0.2) is 6.36 Å². The molecule has 0 bridgehead atoms. The van der Waals surface area contributed by atoms with Crippen molar-refractivity contribution in [2.45, 2.75) is 19.5 Å². The molecule has 1 aromatic carbocycles. The number of benzene rings is 1. The number of hydrogen-bond donors (Lipinski definition) is 0. The summed E-state index contributed by atoms with van der Waals surface area (Å²) in [5.74, 6) is -1.24. The van der Waals surface area contributed by atoms with E-state index in [0.717, 1.165) is 19.1 Å². The fraction of sp³-hybridized carbons (Fsp3) is 0.333. The minimum atomic E-state index is -5.15. The van der Waals surface area contributed by atoms with E-state index in [4.69, 9.17) is 0 Å². The highest BCUT2D eigenvalue weighted by atomic mass is 19.4. The lowest BCUT2D eigenvalue weighted by Gasteiger charge is -2.16. The second-order valence-electron chi connectivity index (χ2n) is 2.99. The lowest BCUT2D eigenvalue weighted by atomic mass is 10.1. The SMILES string of the molecule is Cc1cccc(OC(F)(F)F)c1C(F)(F)F. The zero-order chi connectivity index (χ0) is 12.6. The van der Waals surface area contributed by atoms with Gasteiger partial charge in [0.2, 0.25) is 0 Å². The number of hydrogen-bond acceptors (Lipinski definition) is 1. The number of rotatable bonds is 1. The topological polar surface area (TPSA) is 9.23 Å². The molecule has 0 radical (unpaired) electrons. The molecule has 0 amide bonds. The van der Waals surface area contributed by atoms with Crippen LogP contribution in [0.2, 0.25) is 0 Å². The van der Waals surface area contributed by atoms with E-state index in [-0.39, 0.29) is 5.56 Å². The Morgan fingerprint density at radius 1 is 1.00 bits per heavy atom. The van der Waals surface area contributed by atoms with Gasteiger partial charge in [0.1, 0.15) is 11.3 Å². The van der Waals surface area contributed by atoms with E-state index < -0.39 is 23.9 Å². The van der Waals surface area contributed by atoms with Crippen LogP contribution < -0.4 is 4.74 Å². The standard InChI is InChI=1S/C9H6F6O/c1-5-3-2-4-6(16-9(13,14)15)7(5)8(10,11)12/h2-4H,1H3. The van der Waals surface area contributed by atoms with E-state index in [1.54, 1.807) is 0 Å². The molecule has 0 spiro atoms. The van der Waals surface area contributed by atoms with Crippen molar-refractivity contribution in [2.75, 3.05) is 0 Å². The van der Waals surface area contributed by atoms with Gasteiger partial charge in [-0.1, -0.05) is 12.1 Å². The number of ether oxygens (including phenoxy) is 1. The summed E-state index contributed by atoms with van der Waals surface area (Å²) in [5, 5.41) is 0. The molecule has 0 fully saturated rings. The van der Waals surface area contributed by atoms with Gasteiger partial charge in [-0.05, 0) is 18.6 Å². The second kappa shape index (κ2) is 3.88. The van der Waals surface area contributed by atoms with Crippen molar-refractivity contribution in [2.24, 2.45) is 0 Å². The first-order chi connectivity index (χ1) is 7.11. The molecule has 0 heterocycles. The molecule has 7 heteroatoms. The van der Waals surface area contributed by atoms with E-state index in [1.165, 1.54) is 0 Å². The lowest BCUT2D eigenvalue weighted by Crippen LogP contribution is -2.20. The van der Waals surface area contributed by atoms with E-state index >= 15 is 0 Å². The summed E-state index contributed by atoms with van der Waals surface area (Å²) in [7, 11) is 0. The Morgan fingerprint density at radius 3 is 2.00 bits per heavy atom. The third-order valence-corrected chi connectivity index (χ3v) is 1.74. The fourth-order valence-corrected chi connectivity index (χ4v) is 1.21. The normalized spacial score (nSPS) is 12.7. The Bertz CT molecular complexity index is 379. The maximum absolute atomic E-state index is 12.4. The summed E-state index contributed by atoms with van der Waals surface area (Å²) in [5.41, 5.74) is -1.73. The van der Waals surface area contributed by atoms with Crippen molar-refractivity contribution in [3.63, 3.8) is 0 Å². The van der Waals surface area contributed by atoms with Crippen molar-refractivity contribution in [1.82, 2.24) is 0 Å². The quantitative estimate of drug-likeness (QED) is 0.680. The summed E-state index contributed by atoms with van der Waals surface area (Å²) in [6, 6.07) is 2.75. The fourth-order valence-electron chi connectivity index (χ4n) is 1.21. The van der Waals surface area contributed by atoms with Crippen LogP contribution in [0.1, 0.15) is 11.1 Å². The van der Waals surface area contributed by atoms with Crippen LogP contribution in [0.3, 0.4) is 0 Å². The van der Waals surface area contributed by atoms with Crippen LogP contribution in [0.4, 0.5) is 26.3 Å². The van der Waals surface area contributed by atoms with Gasteiger partial charge in [0.05, 0.1) is 0 Å². The summed E-state index contributed by atoms with van der Waals surface area (Å²) < 4.78 is 76.2. The van der Waals surface area contributed by atoms with Crippen LogP contribution in [0, 0.1) is 6.92 Å². The van der Waals surface area contributed by atoms with Gasteiger partial charge in [-0.25, -0.2) is 0 Å². The Hall–Kier alpha value is -1.40. The Kier molecular flexibility index (Phi) is 3.07. The number of halogens is 6. The Labute approximate surface area is 86.6 Å². The summed E-state index contributed by atoms with van der Waals surface area (Å²) in [6.45, 7) is 1.06. The molecule has 1 rings (SSSR count). The average Bonchev–Trinajstić information content (AvgIpc) is 1.97. The van der Waals surface area contributed by atoms with Crippen molar-refractivity contribution in [3.05, 3.63) is 29.3 Å². The minimum Gasteiger partial charge on any atom is -0.405 e. The van der Waals surface area contributed by atoms with Crippen LogP contribution >= 0.6 is 0 Å². The highest BCUT2D eigenvalue weighted by molar-refractivity contribution is 5.41. The molecule has 0 saturated carbocycles. The maximum atomic E-state index is 12.4. The molecule has 1 aromatic rings. The van der Waals surface area contributed by atoms with Crippen LogP contribution in [0.5, 0.6) is 5.75 Å². The van der Waals surface area contributed by atoms with Crippen molar-refractivity contribution < 1.29 is 31.1 Å². The van der Waals surface area contributed by atoms with Gasteiger partial charge in [-0.2, -0.15) is 13.2 Å². The van der Waals surface area contributed by atoms with Gasteiger partial charge in [0, 0.05) is 0 Å². The van der Waals surface area contributed by atoms with Crippen LogP contribution in [-0.2, 0) is 6.18 Å². The molecule has 0 aliphatic heterocycles. The molecule has 90 valence electrons. The van der Waals surface area contributed by atoms with Crippen molar-refractivity contribution in [1.29, 1.82) is 0 Å². The molecular formula is C9H6F6O. The first kappa shape index (κ1) is 12.7. The lowest BCUT2D eigenvalue weighted by molar-refractivity contribution is -0.276. The highest BCUT2D eigenvalue weighted by Gasteiger charge is 2.40. The molecule has 0 unspecified atom stereocenters. The van der Waals surface area contributed by atoms with Gasteiger partial charge in [0.25, 0.3) is 0 Å². The molecular weight excluding hydrogens is 238 g/mol. The van der Waals surface area contributed by atoms with Crippen LogP contribution in [0.15, 0.2) is 18.2 Å². The molecule has 0 aliphatic rings. The zero-order valence-electron chi connectivity index (χ0n) is 7.91.